The molecule has 1 aromatic rings. The van der Waals surface area contributed by atoms with E-state index in [-0.39, 0.29) is 18.5 Å². The smallest absolute Gasteiger partial charge is 0.325 e. The van der Waals surface area contributed by atoms with Crippen molar-refractivity contribution in [3.05, 3.63) is 29.8 Å². The molecule has 0 aromatic heterocycles. The quantitative estimate of drug-likeness (QED) is 0.656. The Morgan fingerprint density at radius 1 is 1.28 bits per heavy atom. The molecule has 2 aliphatic rings. The van der Waals surface area contributed by atoms with E-state index < -0.39 is 17.5 Å². The molecule has 0 spiro atoms. The molecular formula is C22H31N3O4. The zero-order valence-corrected chi connectivity index (χ0v) is 17.5. The van der Waals surface area contributed by atoms with Gasteiger partial charge in [0.15, 0.2) is 0 Å². The molecule has 3 unspecified atom stereocenters. The normalized spacial score (nSPS) is 26.5. The summed E-state index contributed by atoms with van der Waals surface area (Å²) in [5.74, 6) is 0.462. The van der Waals surface area contributed by atoms with Crippen LogP contribution in [0.25, 0.3) is 0 Å². The highest BCUT2D eigenvalue weighted by Crippen LogP contribution is 2.31. The van der Waals surface area contributed by atoms with E-state index in [1.807, 2.05) is 0 Å². The molecular weight excluding hydrogens is 370 g/mol. The van der Waals surface area contributed by atoms with Crippen LogP contribution in [0.15, 0.2) is 24.3 Å². The van der Waals surface area contributed by atoms with Crippen molar-refractivity contribution in [2.75, 3.05) is 13.7 Å². The summed E-state index contributed by atoms with van der Waals surface area (Å²) >= 11 is 0. The average molecular weight is 402 g/mol. The van der Waals surface area contributed by atoms with E-state index in [4.69, 9.17) is 4.74 Å². The van der Waals surface area contributed by atoms with Crippen LogP contribution in [0.1, 0.15) is 57.9 Å². The summed E-state index contributed by atoms with van der Waals surface area (Å²) < 4.78 is 5.15. The average Bonchev–Trinajstić information content (AvgIpc) is 3.24. The van der Waals surface area contributed by atoms with Crippen molar-refractivity contribution in [2.45, 2.75) is 64.0 Å². The lowest BCUT2D eigenvalue weighted by Gasteiger charge is -2.23. The van der Waals surface area contributed by atoms with Crippen LogP contribution in [0.4, 0.5) is 4.79 Å². The highest BCUT2D eigenvalue weighted by molar-refractivity contribution is 6.09. The Morgan fingerprint density at radius 3 is 2.66 bits per heavy atom. The van der Waals surface area contributed by atoms with Gasteiger partial charge in [0.1, 0.15) is 17.8 Å². The maximum atomic E-state index is 13.0. The first-order valence-electron chi connectivity index (χ1n) is 10.5. The SMILES string of the molecule is CCCCC1CCCC1NC(=O)CN1C(=O)NC(C)(c2ccc(OC)cc2)C1=O. The molecule has 1 saturated carbocycles. The van der Waals surface area contributed by atoms with E-state index in [9.17, 15) is 14.4 Å². The van der Waals surface area contributed by atoms with Gasteiger partial charge in [0.2, 0.25) is 5.91 Å². The summed E-state index contributed by atoms with van der Waals surface area (Å²) in [7, 11) is 1.57. The molecule has 4 amide bonds. The molecule has 3 rings (SSSR count). The number of hydrogen-bond acceptors (Lipinski definition) is 4. The van der Waals surface area contributed by atoms with E-state index in [0.717, 1.165) is 43.4 Å². The fourth-order valence-electron chi connectivity index (χ4n) is 4.40. The number of nitrogens with one attached hydrogen (secondary N) is 2. The first-order valence-corrected chi connectivity index (χ1v) is 10.5. The Balaban J connectivity index is 1.64. The molecule has 1 heterocycles. The van der Waals surface area contributed by atoms with Gasteiger partial charge in [0.25, 0.3) is 5.91 Å². The highest BCUT2D eigenvalue weighted by Gasteiger charge is 2.49. The number of unbranched alkanes of at least 4 members (excludes halogenated alkanes) is 1. The van der Waals surface area contributed by atoms with Crippen molar-refractivity contribution in [2.24, 2.45) is 5.92 Å². The molecule has 0 radical (unpaired) electrons. The van der Waals surface area contributed by atoms with Gasteiger partial charge in [0, 0.05) is 6.04 Å². The van der Waals surface area contributed by atoms with E-state index in [1.165, 1.54) is 0 Å². The predicted octanol–water partition coefficient (Wildman–Crippen LogP) is 2.94. The molecule has 1 aromatic carbocycles. The van der Waals surface area contributed by atoms with E-state index >= 15 is 0 Å². The van der Waals surface area contributed by atoms with Gasteiger partial charge >= 0.3 is 6.03 Å². The summed E-state index contributed by atoms with van der Waals surface area (Å²) in [6, 6.07) is 6.58. The molecule has 158 valence electrons. The largest absolute Gasteiger partial charge is 0.497 e. The van der Waals surface area contributed by atoms with Gasteiger partial charge in [-0.25, -0.2) is 4.79 Å². The van der Waals surface area contributed by atoms with Gasteiger partial charge in [0.05, 0.1) is 7.11 Å². The van der Waals surface area contributed by atoms with Crippen molar-refractivity contribution in [1.82, 2.24) is 15.5 Å². The predicted molar refractivity (Wildman–Crippen MR) is 109 cm³/mol. The second kappa shape index (κ2) is 8.84. The van der Waals surface area contributed by atoms with Crippen molar-refractivity contribution >= 4 is 17.8 Å². The van der Waals surface area contributed by atoms with E-state index in [1.54, 1.807) is 38.3 Å². The number of amides is 4. The molecule has 1 saturated heterocycles. The highest BCUT2D eigenvalue weighted by atomic mass is 16.5. The minimum absolute atomic E-state index is 0.141. The van der Waals surface area contributed by atoms with Gasteiger partial charge in [-0.2, -0.15) is 0 Å². The van der Waals surface area contributed by atoms with Crippen LogP contribution in [-0.4, -0.2) is 42.4 Å². The third kappa shape index (κ3) is 4.38. The molecule has 29 heavy (non-hydrogen) atoms. The van der Waals surface area contributed by atoms with Gasteiger partial charge in [-0.1, -0.05) is 38.3 Å². The summed E-state index contributed by atoms with van der Waals surface area (Å²) in [6.45, 7) is 3.57. The molecule has 7 heteroatoms. The molecule has 7 nitrogen and oxygen atoms in total. The maximum Gasteiger partial charge on any atom is 0.325 e. The molecule has 0 bridgehead atoms. The standard InChI is InChI=1S/C22H31N3O4/c1-4-5-7-15-8-6-9-18(15)23-19(26)14-25-20(27)22(2,24-21(25)28)16-10-12-17(29-3)13-11-16/h10-13,15,18H,4-9,14H2,1-3H3,(H,23,26)(H,24,28). The summed E-state index contributed by atoms with van der Waals surface area (Å²) in [5.41, 5.74) is -0.546. The Kier molecular flexibility index (Phi) is 6.45. The fraction of sp³-hybridized carbons (Fsp3) is 0.591. The number of hydrogen-bond donors (Lipinski definition) is 2. The van der Waals surface area contributed by atoms with Crippen LogP contribution < -0.4 is 15.4 Å². The first-order chi connectivity index (χ1) is 13.9. The van der Waals surface area contributed by atoms with Gasteiger partial charge in [-0.15, -0.1) is 0 Å². The number of imide groups is 1. The minimum Gasteiger partial charge on any atom is -0.497 e. The zero-order valence-electron chi connectivity index (χ0n) is 17.5. The molecule has 1 aliphatic heterocycles. The monoisotopic (exact) mass is 401 g/mol. The second-order valence-electron chi connectivity index (χ2n) is 8.18. The zero-order chi connectivity index (χ0) is 21.0. The summed E-state index contributed by atoms with van der Waals surface area (Å²) in [4.78, 5) is 39.1. The third-order valence-electron chi connectivity index (χ3n) is 6.18. The first kappa shape index (κ1) is 21.1. The number of rotatable bonds is 8. The lowest BCUT2D eigenvalue weighted by molar-refractivity contribution is -0.135. The molecule has 2 fully saturated rings. The topological polar surface area (TPSA) is 87.7 Å². The lowest BCUT2D eigenvalue weighted by atomic mass is 9.92. The van der Waals surface area contributed by atoms with Crippen LogP contribution in [0.3, 0.4) is 0 Å². The van der Waals surface area contributed by atoms with Gasteiger partial charge in [-0.05, 0) is 49.8 Å². The van der Waals surface area contributed by atoms with Crippen LogP contribution in [-0.2, 0) is 15.1 Å². The Hall–Kier alpha value is -2.57. The van der Waals surface area contributed by atoms with Crippen LogP contribution in [0, 0.1) is 5.92 Å². The van der Waals surface area contributed by atoms with Crippen LogP contribution in [0.5, 0.6) is 5.75 Å². The number of nitrogens with zero attached hydrogens (tertiary/aromatic N) is 1. The van der Waals surface area contributed by atoms with Crippen molar-refractivity contribution < 1.29 is 19.1 Å². The fourth-order valence-corrected chi connectivity index (χ4v) is 4.40. The van der Waals surface area contributed by atoms with Crippen molar-refractivity contribution in [3.8, 4) is 5.75 Å². The number of carbonyl (C=O) groups is 3. The molecule has 3 atom stereocenters. The Bertz CT molecular complexity index is 764. The van der Waals surface area contributed by atoms with Crippen molar-refractivity contribution in [3.63, 3.8) is 0 Å². The molecule has 2 N–H and O–H groups in total. The summed E-state index contributed by atoms with van der Waals surface area (Å²) in [6.07, 6.45) is 6.61. The maximum absolute atomic E-state index is 13.0. The number of methoxy groups -OCH3 is 1. The number of ether oxygens (including phenoxy) is 1. The summed E-state index contributed by atoms with van der Waals surface area (Å²) in [5, 5.41) is 5.79. The Morgan fingerprint density at radius 2 is 2.00 bits per heavy atom. The number of urea groups is 1. The van der Waals surface area contributed by atoms with Crippen LogP contribution >= 0.6 is 0 Å². The van der Waals surface area contributed by atoms with Gasteiger partial charge in [-0.3, -0.25) is 14.5 Å². The molecule has 1 aliphatic carbocycles. The Labute approximate surface area is 172 Å². The third-order valence-corrected chi connectivity index (χ3v) is 6.18. The van der Waals surface area contributed by atoms with E-state index in [0.29, 0.717) is 17.2 Å². The second-order valence-corrected chi connectivity index (χ2v) is 8.18. The van der Waals surface area contributed by atoms with E-state index in [2.05, 4.69) is 17.6 Å². The van der Waals surface area contributed by atoms with Crippen molar-refractivity contribution in [1.29, 1.82) is 0 Å². The van der Waals surface area contributed by atoms with Gasteiger partial charge < -0.3 is 15.4 Å². The number of benzene rings is 1. The lowest BCUT2D eigenvalue weighted by Crippen LogP contribution is -2.46. The number of carbonyl (C=O) groups excluding carboxylic acids is 3. The van der Waals surface area contributed by atoms with Crippen LogP contribution in [0.2, 0.25) is 0 Å². The minimum atomic E-state index is -1.19.